The summed E-state index contributed by atoms with van der Waals surface area (Å²) in [6.45, 7) is 2.55. The molecule has 11 nitrogen and oxygen atoms in total. The third kappa shape index (κ3) is 11.1. The number of hydrogen-bond acceptors (Lipinski definition) is 6. The number of fused-ring (bicyclic) bond motifs is 1. The Labute approximate surface area is 268 Å². The van der Waals surface area contributed by atoms with E-state index in [0.29, 0.717) is 16.3 Å². The fourth-order valence-corrected chi connectivity index (χ4v) is 4.61. The van der Waals surface area contributed by atoms with Crippen LogP contribution in [-0.4, -0.2) is 87.7 Å². The van der Waals surface area contributed by atoms with Crippen molar-refractivity contribution in [1.82, 2.24) is 15.2 Å². The molecule has 0 saturated carbocycles. The molecular weight excluding hydrogens is 608 g/mol. The number of anilines is 1. The van der Waals surface area contributed by atoms with Crippen molar-refractivity contribution in [3.05, 3.63) is 70.9 Å². The van der Waals surface area contributed by atoms with Crippen molar-refractivity contribution in [3.63, 3.8) is 0 Å². The summed E-state index contributed by atoms with van der Waals surface area (Å²) < 4.78 is 48.6. The standard InChI is InChI=1S/C26H30ClF2N4O7P.Na.H/c1-26(2,15-40-41(36,37)38)11-20(33(3)24(34)31-13-17-5-4-6-21(29)23(17)27)14-39-25(35)32-22-10-18-9-19(28)8-7-16(18)12-30-22;;/h4-10,12,20H,11,13-15H2,1-3H3,(H,31,34)(H,30,32,35)(H2,36,37,38);;/t20-;;/m0../s1. The molecule has 0 saturated heterocycles. The average molecular weight is 639 g/mol. The second-order valence-electron chi connectivity index (χ2n) is 10.1. The third-order valence-electron chi connectivity index (χ3n) is 6.06. The first-order valence-electron chi connectivity index (χ1n) is 12.3. The Morgan fingerprint density at radius 3 is 2.57 bits per heavy atom. The molecule has 0 unspecified atom stereocenters. The molecule has 1 aromatic heterocycles. The van der Waals surface area contributed by atoms with Crippen LogP contribution in [0.3, 0.4) is 0 Å². The van der Waals surface area contributed by atoms with Gasteiger partial charge in [-0.15, -0.1) is 0 Å². The average Bonchev–Trinajstić information content (AvgIpc) is 2.89. The van der Waals surface area contributed by atoms with Crippen LogP contribution in [0.4, 0.5) is 24.2 Å². The van der Waals surface area contributed by atoms with Gasteiger partial charge in [-0.25, -0.2) is 27.9 Å². The number of ether oxygens (including phenoxy) is 1. The summed E-state index contributed by atoms with van der Waals surface area (Å²) in [5, 5.41) is 6.11. The zero-order valence-electron chi connectivity index (χ0n) is 22.4. The SMILES string of the molecule is CN(C(=O)NCc1cccc(F)c1Cl)[C@H](COC(=O)Nc1cc2cc(F)ccc2cn1)CC(C)(C)COP(=O)(O)O.[NaH]. The quantitative estimate of drug-likeness (QED) is 0.173. The number of pyridine rings is 1. The second-order valence-corrected chi connectivity index (χ2v) is 11.7. The predicted octanol–water partition coefficient (Wildman–Crippen LogP) is 4.80. The number of carbonyl (C=O) groups is 2. The van der Waals surface area contributed by atoms with Crippen LogP contribution >= 0.6 is 19.4 Å². The minimum atomic E-state index is -4.75. The summed E-state index contributed by atoms with van der Waals surface area (Å²) in [7, 11) is -3.32. The molecule has 1 atom stereocenters. The monoisotopic (exact) mass is 638 g/mol. The molecule has 0 aliphatic carbocycles. The Morgan fingerprint density at radius 1 is 1.17 bits per heavy atom. The number of likely N-dealkylation sites (N-methyl/N-ethyl adjacent to an activating group) is 1. The molecule has 0 radical (unpaired) electrons. The second kappa shape index (κ2) is 15.4. The van der Waals surface area contributed by atoms with E-state index < -0.39 is 43.0 Å². The van der Waals surface area contributed by atoms with E-state index in [0.717, 1.165) is 0 Å². The van der Waals surface area contributed by atoms with Crippen molar-refractivity contribution in [3.8, 4) is 0 Å². The molecule has 3 aromatic rings. The summed E-state index contributed by atoms with van der Waals surface area (Å²) in [4.78, 5) is 49.1. The number of halogens is 3. The van der Waals surface area contributed by atoms with Crippen LogP contribution in [0, 0.1) is 17.0 Å². The Morgan fingerprint density at radius 2 is 1.88 bits per heavy atom. The normalized spacial score (nSPS) is 12.3. The molecule has 3 amide bonds. The van der Waals surface area contributed by atoms with Gasteiger partial charge in [0.2, 0.25) is 0 Å². The van der Waals surface area contributed by atoms with Gasteiger partial charge in [0, 0.05) is 25.2 Å². The van der Waals surface area contributed by atoms with Gasteiger partial charge in [-0.05, 0) is 53.1 Å². The van der Waals surface area contributed by atoms with Gasteiger partial charge in [0.1, 0.15) is 24.1 Å². The Kier molecular flexibility index (Phi) is 13.1. The first kappa shape index (κ1) is 35.8. The molecule has 42 heavy (non-hydrogen) atoms. The van der Waals surface area contributed by atoms with Crippen LogP contribution in [0.5, 0.6) is 0 Å². The molecule has 0 aliphatic heterocycles. The summed E-state index contributed by atoms with van der Waals surface area (Å²) in [6, 6.07) is 8.38. The first-order valence-corrected chi connectivity index (χ1v) is 14.2. The number of benzene rings is 2. The van der Waals surface area contributed by atoms with E-state index in [4.69, 9.17) is 26.1 Å². The van der Waals surface area contributed by atoms with Crippen molar-refractivity contribution >= 4 is 77.7 Å². The van der Waals surface area contributed by atoms with Crippen LogP contribution in [0.2, 0.25) is 5.02 Å². The predicted molar refractivity (Wildman–Crippen MR) is 155 cm³/mol. The summed E-state index contributed by atoms with van der Waals surface area (Å²) >= 11 is 5.96. The van der Waals surface area contributed by atoms with Crippen molar-refractivity contribution in [2.45, 2.75) is 32.9 Å². The van der Waals surface area contributed by atoms with Gasteiger partial charge in [-0.3, -0.25) is 9.84 Å². The summed E-state index contributed by atoms with van der Waals surface area (Å²) in [6.07, 6.45) is 0.654. The number of phosphoric acid groups is 1. The molecule has 1 heterocycles. The number of urea groups is 1. The van der Waals surface area contributed by atoms with E-state index in [1.807, 2.05) is 0 Å². The summed E-state index contributed by atoms with van der Waals surface area (Å²) in [5.74, 6) is -0.980. The van der Waals surface area contributed by atoms with Crippen LogP contribution in [-0.2, 0) is 20.4 Å². The topological polar surface area (TPSA) is 150 Å². The number of nitrogens with zero attached hydrogens (tertiary/aromatic N) is 2. The molecule has 3 rings (SSSR count). The Hall–Kier alpha value is -2.35. The van der Waals surface area contributed by atoms with E-state index in [-0.39, 0.29) is 66.6 Å². The number of aromatic nitrogens is 1. The fraction of sp³-hybridized carbons (Fsp3) is 0.346. The Bertz CT molecular complexity index is 1460. The van der Waals surface area contributed by atoms with Gasteiger partial charge in [-0.2, -0.15) is 0 Å². The summed E-state index contributed by atoms with van der Waals surface area (Å²) in [5.41, 5.74) is -0.533. The molecule has 0 spiro atoms. The van der Waals surface area contributed by atoms with Gasteiger partial charge >= 0.3 is 49.5 Å². The zero-order chi connectivity index (χ0) is 30.4. The van der Waals surface area contributed by atoms with Crippen molar-refractivity contribution in [2.24, 2.45) is 5.41 Å². The van der Waals surface area contributed by atoms with Crippen molar-refractivity contribution in [2.75, 3.05) is 25.6 Å². The number of amides is 3. The van der Waals surface area contributed by atoms with Crippen LogP contribution in [0.25, 0.3) is 10.8 Å². The molecule has 224 valence electrons. The van der Waals surface area contributed by atoms with E-state index in [1.54, 1.807) is 26.0 Å². The van der Waals surface area contributed by atoms with Gasteiger partial charge in [0.15, 0.2) is 0 Å². The number of carbonyl (C=O) groups excluding carboxylic acids is 2. The first-order chi connectivity index (χ1) is 19.1. The molecule has 16 heteroatoms. The Balaban J connectivity index is 0.00000616. The minimum absolute atomic E-state index is 0. The maximum atomic E-state index is 13.8. The zero-order valence-corrected chi connectivity index (χ0v) is 24.1. The van der Waals surface area contributed by atoms with Crippen molar-refractivity contribution < 1.29 is 42.0 Å². The van der Waals surface area contributed by atoms with Gasteiger partial charge in [0.25, 0.3) is 0 Å². The van der Waals surface area contributed by atoms with E-state index >= 15 is 0 Å². The molecule has 0 fully saturated rings. The van der Waals surface area contributed by atoms with Gasteiger partial charge in [-0.1, -0.05) is 37.6 Å². The molecule has 4 N–H and O–H groups in total. The number of hydrogen-bond donors (Lipinski definition) is 4. The van der Waals surface area contributed by atoms with Crippen LogP contribution in [0.15, 0.2) is 48.7 Å². The number of rotatable bonds is 11. The van der Waals surface area contributed by atoms with Gasteiger partial charge < -0.3 is 24.7 Å². The van der Waals surface area contributed by atoms with Crippen LogP contribution < -0.4 is 10.6 Å². The maximum absolute atomic E-state index is 13.8. The number of nitrogens with one attached hydrogen (secondary N) is 2. The van der Waals surface area contributed by atoms with Crippen molar-refractivity contribution in [1.29, 1.82) is 0 Å². The molecule has 2 aromatic carbocycles. The van der Waals surface area contributed by atoms with Crippen LogP contribution in [0.1, 0.15) is 25.8 Å². The molecule has 0 bridgehead atoms. The van der Waals surface area contributed by atoms with E-state index in [9.17, 15) is 22.9 Å². The third-order valence-corrected chi connectivity index (χ3v) is 6.95. The van der Waals surface area contributed by atoms with E-state index in [1.165, 1.54) is 48.5 Å². The van der Waals surface area contributed by atoms with Gasteiger partial charge in [0.05, 0.1) is 17.7 Å². The number of phosphoric ester groups is 1. The fourth-order valence-electron chi connectivity index (χ4n) is 3.90. The molecule has 0 aliphatic rings. The molecular formula is C26H31ClF2N4NaO7P. The van der Waals surface area contributed by atoms with E-state index in [2.05, 4.69) is 20.1 Å².